The molecule has 3 heterocycles. The van der Waals surface area contributed by atoms with Crippen LogP contribution in [0.1, 0.15) is 41.0 Å². The summed E-state index contributed by atoms with van der Waals surface area (Å²) in [6.45, 7) is 15.3. The molecular weight excluding hydrogens is 292 g/mol. The van der Waals surface area contributed by atoms with Crippen LogP contribution in [-0.4, -0.2) is 45.8 Å². The molecule has 0 bridgehead atoms. The summed E-state index contributed by atoms with van der Waals surface area (Å²) >= 11 is 0. The molecule has 1 aliphatic heterocycles. The fraction of sp³-hybridized carbons (Fsp3) is 0.647. The lowest BCUT2D eigenvalue weighted by Gasteiger charge is -2.39. The van der Waals surface area contributed by atoms with E-state index in [1.165, 1.54) is 11.1 Å². The molecule has 2 aromatic heterocycles. The molecule has 1 fully saturated rings. The third kappa shape index (κ3) is 3.33. The zero-order valence-electron chi connectivity index (χ0n) is 14.7. The molecule has 0 saturated carbocycles. The van der Waals surface area contributed by atoms with E-state index in [9.17, 15) is 0 Å². The van der Waals surface area contributed by atoms with Gasteiger partial charge in [-0.15, -0.1) is 0 Å². The molecule has 6 nitrogen and oxygen atoms in total. The summed E-state index contributed by atoms with van der Waals surface area (Å²) in [6, 6.07) is 0.498. The van der Waals surface area contributed by atoms with E-state index in [1.807, 2.05) is 27.7 Å². The van der Waals surface area contributed by atoms with Gasteiger partial charge in [0, 0.05) is 49.9 Å². The van der Waals surface area contributed by atoms with Crippen molar-refractivity contribution >= 4 is 0 Å². The molecular formula is C17H26N4O2. The Morgan fingerprint density at radius 1 is 0.913 bits per heavy atom. The van der Waals surface area contributed by atoms with Crippen molar-refractivity contribution in [2.24, 2.45) is 0 Å². The number of aromatic nitrogens is 2. The van der Waals surface area contributed by atoms with Crippen molar-refractivity contribution in [1.29, 1.82) is 0 Å². The van der Waals surface area contributed by atoms with Crippen molar-refractivity contribution in [3.8, 4) is 0 Å². The second-order valence-electron chi connectivity index (χ2n) is 6.66. The average Bonchev–Trinajstić information content (AvgIpc) is 2.99. The van der Waals surface area contributed by atoms with Gasteiger partial charge >= 0.3 is 0 Å². The van der Waals surface area contributed by atoms with Gasteiger partial charge in [0.05, 0.1) is 11.4 Å². The van der Waals surface area contributed by atoms with E-state index < -0.39 is 0 Å². The minimum atomic E-state index is 0.498. The Kier molecular flexibility index (Phi) is 4.55. The first-order chi connectivity index (χ1) is 11.0. The van der Waals surface area contributed by atoms with Gasteiger partial charge in [-0.3, -0.25) is 9.80 Å². The topological polar surface area (TPSA) is 58.5 Å². The lowest BCUT2D eigenvalue weighted by molar-refractivity contribution is 0.0725. The highest BCUT2D eigenvalue weighted by molar-refractivity contribution is 5.22. The van der Waals surface area contributed by atoms with Crippen LogP contribution >= 0.6 is 0 Å². The molecule has 0 amide bonds. The molecule has 0 radical (unpaired) electrons. The van der Waals surface area contributed by atoms with Gasteiger partial charge in [-0.25, -0.2) is 0 Å². The summed E-state index contributed by atoms with van der Waals surface area (Å²) in [5.74, 6) is 1.88. The van der Waals surface area contributed by atoms with E-state index in [0.717, 1.165) is 55.6 Å². The quantitative estimate of drug-likeness (QED) is 0.863. The Morgan fingerprint density at radius 2 is 1.48 bits per heavy atom. The average molecular weight is 318 g/mol. The van der Waals surface area contributed by atoms with Gasteiger partial charge in [-0.2, -0.15) is 0 Å². The highest BCUT2D eigenvalue weighted by atomic mass is 16.5. The number of hydrogen-bond donors (Lipinski definition) is 0. The maximum absolute atomic E-state index is 5.29. The molecule has 1 saturated heterocycles. The predicted molar refractivity (Wildman–Crippen MR) is 87.1 cm³/mol. The Balaban J connectivity index is 1.61. The van der Waals surface area contributed by atoms with Crippen LogP contribution in [0.4, 0.5) is 0 Å². The van der Waals surface area contributed by atoms with Crippen molar-refractivity contribution in [1.82, 2.24) is 20.1 Å². The Labute approximate surface area is 137 Å². The molecule has 1 unspecified atom stereocenters. The van der Waals surface area contributed by atoms with Crippen LogP contribution in [0, 0.1) is 27.7 Å². The van der Waals surface area contributed by atoms with Gasteiger partial charge in [0.15, 0.2) is 0 Å². The van der Waals surface area contributed by atoms with Crippen LogP contribution in [0.15, 0.2) is 9.05 Å². The summed E-state index contributed by atoms with van der Waals surface area (Å²) in [5.41, 5.74) is 4.48. The summed E-state index contributed by atoms with van der Waals surface area (Å²) in [7, 11) is 0. The second kappa shape index (κ2) is 6.45. The molecule has 126 valence electrons. The van der Waals surface area contributed by atoms with E-state index in [0.29, 0.717) is 6.04 Å². The van der Waals surface area contributed by atoms with Gasteiger partial charge in [0.1, 0.15) is 11.5 Å². The Morgan fingerprint density at radius 3 is 1.96 bits per heavy atom. The van der Waals surface area contributed by atoms with Gasteiger partial charge < -0.3 is 9.05 Å². The van der Waals surface area contributed by atoms with Crippen LogP contribution in [-0.2, 0) is 13.1 Å². The van der Waals surface area contributed by atoms with Crippen LogP contribution < -0.4 is 0 Å². The fourth-order valence-corrected chi connectivity index (χ4v) is 3.33. The van der Waals surface area contributed by atoms with E-state index in [-0.39, 0.29) is 0 Å². The SMILES string of the molecule is Cc1noc(C)c1CN1CCN(Cc2c(C)noc2C)C(C)C1. The lowest BCUT2D eigenvalue weighted by Crippen LogP contribution is -2.51. The number of hydrogen-bond acceptors (Lipinski definition) is 6. The van der Waals surface area contributed by atoms with Gasteiger partial charge in [0.2, 0.25) is 0 Å². The van der Waals surface area contributed by atoms with E-state index in [2.05, 4.69) is 27.0 Å². The smallest absolute Gasteiger partial charge is 0.138 e. The van der Waals surface area contributed by atoms with Gasteiger partial charge in [-0.1, -0.05) is 10.3 Å². The Bertz CT molecular complexity index is 637. The molecule has 0 spiro atoms. The third-order valence-electron chi connectivity index (χ3n) is 4.95. The van der Waals surface area contributed by atoms with E-state index in [1.54, 1.807) is 0 Å². The second-order valence-corrected chi connectivity index (χ2v) is 6.66. The van der Waals surface area contributed by atoms with Crippen molar-refractivity contribution in [2.45, 2.75) is 53.8 Å². The largest absolute Gasteiger partial charge is 0.361 e. The maximum atomic E-state index is 5.29. The predicted octanol–water partition coefficient (Wildman–Crippen LogP) is 2.60. The number of aryl methyl sites for hydroxylation is 4. The summed E-state index contributed by atoms with van der Waals surface area (Å²) in [6.07, 6.45) is 0. The van der Waals surface area contributed by atoms with Crippen LogP contribution in [0.25, 0.3) is 0 Å². The Hall–Kier alpha value is -1.66. The van der Waals surface area contributed by atoms with Crippen molar-refractivity contribution in [3.05, 3.63) is 34.0 Å². The van der Waals surface area contributed by atoms with Gasteiger partial charge in [0.25, 0.3) is 0 Å². The zero-order chi connectivity index (χ0) is 16.6. The first-order valence-electron chi connectivity index (χ1n) is 8.25. The van der Waals surface area contributed by atoms with Crippen LogP contribution in [0.2, 0.25) is 0 Å². The minimum absolute atomic E-state index is 0.498. The molecule has 1 aliphatic rings. The van der Waals surface area contributed by atoms with Crippen molar-refractivity contribution in [3.63, 3.8) is 0 Å². The molecule has 0 aromatic carbocycles. The fourth-order valence-electron chi connectivity index (χ4n) is 3.33. The molecule has 1 atom stereocenters. The normalized spacial score (nSPS) is 20.3. The summed E-state index contributed by atoms with van der Waals surface area (Å²) in [5, 5.41) is 8.12. The maximum Gasteiger partial charge on any atom is 0.138 e. The number of piperazine rings is 1. The molecule has 6 heteroatoms. The molecule has 0 aliphatic carbocycles. The zero-order valence-corrected chi connectivity index (χ0v) is 14.7. The molecule has 23 heavy (non-hydrogen) atoms. The highest BCUT2D eigenvalue weighted by Crippen LogP contribution is 2.21. The standard InChI is InChI=1S/C17H26N4O2/c1-11-8-20(9-16-12(2)18-22-14(16)4)6-7-21(11)10-17-13(3)19-23-15(17)5/h11H,6-10H2,1-5H3. The molecule has 0 N–H and O–H groups in total. The lowest BCUT2D eigenvalue weighted by atomic mass is 10.1. The number of nitrogens with zero attached hydrogens (tertiary/aromatic N) is 4. The summed E-state index contributed by atoms with van der Waals surface area (Å²) < 4.78 is 10.6. The minimum Gasteiger partial charge on any atom is -0.361 e. The number of rotatable bonds is 4. The van der Waals surface area contributed by atoms with E-state index in [4.69, 9.17) is 9.05 Å². The third-order valence-corrected chi connectivity index (χ3v) is 4.95. The van der Waals surface area contributed by atoms with Crippen LogP contribution in [0.3, 0.4) is 0 Å². The van der Waals surface area contributed by atoms with Crippen LogP contribution in [0.5, 0.6) is 0 Å². The first-order valence-corrected chi connectivity index (χ1v) is 8.25. The first kappa shape index (κ1) is 16.2. The highest BCUT2D eigenvalue weighted by Gasteiger charge is 2.26. The monoisotopic (exact) mass is 318 g/mol. The molecule has 3 rings (SSSR count). The van der Waals surface area contributed by atoms with Crippen molar-refractivity contribution < 1.29 is 9.05 Å². The summed E-state index contributed by atoms with van der Waals surface area (Å²) in [4.78, 5) is 5.00. The molecule has 2 aromatic rings. The van der Waals surface area contributed by atoms with Gasteiger partial charge in [-0.05, 0) is 34.6 Å². The van der Waals surface area contributed by atoms with E-state index >= 15 is 0 Å². The van der Waals surface area contributed by atoms with Crippen molar-refractivity contribution in [2.75, 3.05) is 19.6 Å².